The van der Waals surface area contributed by atoms with Gasteiger partial charge < -0.3 is 9.64 Å². The molecule has 0 aromatic carbocycles. The zero-order valence-corrected chi connectivity index (χ0v) is 10.6. The molecule has 1 aromatic rings. The predicted molar refractivity (Wildman–Crippen MR) is 64.9 cm³/mol. The highest BCUT2D eigenvalue weighted by molar-refractivity contribution is 7.99. The zero-order chi connectivity index (χ0) is 12.1. The van der Waals surface area contributed by atoms with E-state index in [1.54, 1.807) is 0 Å². The molecule has 0 bridgehead atoms. The summed E-state index contributed by atoms with van der Waals surface area (Å²) < 4.78 is 5.21. The van der Waals surface area contributed by atoms with Gasteiger partial charge in [-0.1, -0.05) is 11.8 Å². The first kappa shape index (κ1) is 12.3. The summed E-state index contributed by atoms with van der Waals surface area (Å²) >= 11 is 1.45. The monoisotopic (exact) mass is 253 g/mol. The van der Waals surface area contributed by atoms with Crippen LogP contribution in [0.3, 0.4) is 0 Å². The van der Waals surface area contributed by atoms with E-state index in [0.29, 0.717) is 32.1 Å². The predicted octanol–water partition coefficient (Wildman–Crippen LogP) is 0.736. The highest BCUT2D eigenvalue weighted by Gasteiger charge is 2.16. The maximum Gasteiger partial charge on any atom is 0.233 e. The summed E-state index contributed by atoms with van der Waals surface area (Å²) in [5.74, 6) is 0.575. The lowest BCUT2D eigenvalue weighted by molar-refractivity contribution is -0.132. The Kier molecular flexibility index (Phi) is 4.33. The second kappa shape index (κ2) is 5.97. The molecule has 0 saturated carbocycles. The van der Waals surface area contributed by atoms with Crippen LogP contribution in [0.25, 0.3) is 0 Å². The molecular formula is C11H15N3O2S. The van der Waals surface area contributed by atoms with Crippen LogP contribution in [0.5, 0.6) is 0 Å². The molecule has 2 rings (SSSR count). The third-order valence-electron chi connectivity index (χ3n) is 2.49. The molecule has 0 N–H and O–H groups in total. The van der Waals surface area contributed by atoms with Crippen molar-refractivity contribution in [3.63, 3.8) is 0 Å². The summed E-state index contributed by atoms with van der Waals surface area (Å²) in [5.41, 5.74) is 0.918. The van der Waals surface area contributed by atoms with E-state index in [4.69, 9.17) is 4.74 Å². The Hall–Kier alpha value is -1.14. The van der Waals surface area contributed by atoms with Crippen molar-refractivity contribution < 1.29 is 9.53 Å². The number of morpholine rings is 1. The highest BCUT2D eigenvalue weighted by atomic mass is 32.2. The third-order valence-corrected chi connectivity index (χ3v) is 3.40. The maximum absolute atomic E-state index is 11.9. The summed E-state index contributed by atoms with van der Waals surface area (Å²) in [6, 6.07) is 1.89. The Morgan fingerprint density at radius 3 is 2.94 bits per heavy atom. The third kappa shape index (κ3) is 3.67. The fourth-order valence-electron chi connectivity index (χ4n) is 1.55. The minimum absolute atomic E-state index is 0.148. The van der Waals surface area contributed by atoms with Crippen LogP contribution in [-0.4, -0.2) is 52.8 Å². The number of nitrogens with zero attached hydrogens (tertiary/aromatic N) is 3. The van der Waals surface area contributed by atoms with E-state index in [-0.39, 0.29) is 5.91 Å². The van der Waals surface area contributed by atoms with Crippen LogP contribution in [0.2, 0.25) is 0 Å². The summed E-state index contributed by atoms with van der Waals surface area (Å²) in [6.07, 6.45) is 1.52. The summed E-state index contributed by atoms with van der Waals surface area (Å²) in [4.78, 5) is 21.8. The van der Waals surface area contributed by atoms with Gasteiger partial charge in [-0.3, -0.25) is 4.79 Å². The molecule has 1 saturated heterocycles. The molecule has 0 atom stereocenters. The molecule has 2 heterocycles. The van der Waals surface area contributed by atoms with Crippen molar-refractivity contribution >= 4 is 17.7 Å². The number of thioether (sulfide) groups is 1. The average molecular weight is 253 g/mol. The lowest BCUT2D eigenvalue weighted by atomic mass is 10.4. The quantitative estimate of drug-likeness (QED) is 0.587. The van der Waals surface area contributed by atoms with Crippen molar-refractivity contribution in [3.05, 3.63) is 18.1 Å². The molecule has 1 aliphatic heterocycles. The smallest absolute Gasteiger partial charge is 0.233 e. The van der Waals surface area contributed by atoms with Crippen molar-refractivity contribution in [2.45, 2.75) is 11.9 Å². The standard InChI is InChI=1S/C11H15N3O2S/c1-9-6-10(13-8-12-9)17-7-11(15)14-2-4-16-5-3-14/h6,8H,2-5,7H2,1H3. The molecule has 92 valence electrons. The zero-order valence-electron chi connectivity index (χ0n) is 9.76. The van der Waals surface area contributed by atoms with Gasteiger partial charge in [-0.25, -0.2) is 9.97 Å². The van der Waals surface area contributed by atoms with Gasteiger partial charge in [-0.15, -0.1) is 0 Å². The minimum atomic E-state index is 0.148. The van der Waals surface area contributed by atoms with E-state index >= 15 is 0 Å². The van der Waals surface area contributed by atoms with Gasteiger partial charge >= 0.3 is 0 Å². The molecule has 0 unspecified atom stereocenters. The van der Waals surface area contributed by atoms with Crippen LogP contribution in [0.4, 0.5) is 0 Å². The Bertz CT molecular complexity index is 394. The lowest BCUT2D eigenvalue weighted by Crippen LogP contribution is -2.41. The van der Waals surface area contributed by atoms with Gasteiger partial charge in [0.2, 0.25) is 5.91 Å². The lowest BCUT2D eigenvalue weighted by Gasteiger charge is -2.26. The minimum Gasteiger partial charge on any atom is -0.378 e. The van der Waals surface area contributed by atoms with Crippen molar-refractivity contribution in [3.8, 4) is 0 Å². The molecule has 1 aliphatic rings. The van der Waals surface area contributed by atoms with Crippen molar-refractivity contribution in [1.82, 2.24) is 14.9 Å². The number of hydrogen-bond acceptors (Lipinski definition) is 5. The number of rotatable bonds is 3. The number of hydrogen-bond donors (Lipinski definition) is 0. The van der Waals surface area contributed by atoms with Gasteiger partial charge in [0, 0.05) is 18.8 Å². The summed E-state index contributed by atoms with van der Waals surface area (Å²) in [7, 11) is 0. The SMILES string of the molecule is Cc1cc(SCC(=O)N2CCOCC2)ncn1. The van der Waals surface area contributed by atoms with Crippen LogP contribution in [0, 0.1) is 6.92 Å². The van der Waals surface area contributed by atoms with Crippen molar-refractivity contribution in [2.24, 2.45) is 0 Å². The Morgan fingerprint density at radius 1 is 1.47 bits per heavy atom. The van der Waals surface area contributed by atoms with E-state index < -0.39 is 0 Å². The van der Waals surface area contributed by atoms with Gasteiger partial charge in [0.25, 0.3) is 0 Å². The van der Waals surface area contributed by atoms with Gasteiger partial charge in [0.05, 0.1) is 19.0 Å². The van der Waals surface area contributed by atoms with Gasteiger partial charge in [-0.05, 0) is 13.0 Å². The van der Waals surface area contributed by atoms with Gasteiger partial charge in [0.1, 0.15) is 11.4 Å². The van der Waals surface area contributed by atoms with E-state index in [9.17, 15) is 4.79 Å². The maximum atomic E-state index is 11.9. The molecular weight excluding hydrogens is 238 g/mol. The molecule has 0 radical (unpaired) electrons. The fourth-order valence-corrected chi connectivity index (χ4v) is 2.38. The van der Waals surface area contributed by atoms with Crippen LogP contribution in [-0.2, 0) is 9.53 Å². The molecule has 1 amide bonds. The number of aryl methyl sites for hydroxylation is 1. The number of carbonyl (C=O) groups excluding carboxylic acids is 1. The van der Waals surface area contributed by atoms with Gasteiger partial charge in [0.15, 0.2) is 0 Å². The fraction of sp³-hybridized carbons (Fsp3) is 0.545. The molecule has 17 heavy (non-hydrogen) atoms. The molecule has 1 fully saturated rings. The van der Waals surface area contributed by atoms with Crippen molar-refractivity contribution in [2.75, 3.05) is 32.1 Å². The average Bonchev–Trinajstić information content (AvgIpc) is 2.37. The first-order valence-corrected chi connectivity index (χ1v) is 6.51. The molecule has 0 aliphatic carbocycles. The second-order valence-corrected chi connectivity index (χ2v) is 4.78. The van der Waals surface area contributed by atoms with E-state index in [1.807, 2.05) is 17.9 Å². The number of ether oxygens (including phenoxy) is 1. The first-order chi connectivity index (χ1) is 8.25. The second-order valence-electron chi connectivity index (χ2n) is 3.78. The van der Waals surface area contributed by atoms with Crippen LogP contribution >= 0.6 is 11.8 Å². The normalized spacial score (nSPS) is 15.9. The number of carbonyl (C=O) groups is 1. The van der Waals surface area contributed by atoms with E-state index in [1.165, 1.54) is 18.1 Å². The van der Waals surface area contributed by atoms with Crippen LogP contribution in [0.1, 0.15) is 5.69 Å². The largest absolute Gasteiger partial charge is 0.378 e. The molecule has 0 spiro atoms. The number of aromatic nitrogens is 2. The Balaban J connectivity index is 1.83. The Labute approximate surface area is 105 Å². The first-order valence-electron chi connectivity index (χ1n) is 5.52. The summed E-state index contributed by atoms with van der Waals surface area (Å²) in [6.45, 7) is 4.59. The van der Waals surface area contributed by atoms with E-state index in [0.717, 1.165) is 10.7 Å². The van der Waals surface area contributed by atoms with Crippen molar-refractivity contribution in [1.29, 1.82) is 0 Å². The Morgan fingerprint density at radius 2 is 2.24 bits per heavy atom. The number of amides is 1. The highest BCUT2D eigenvalue weighted by Crippen LogP contribution is 2.15. The van der Waals surface area contributed by atoms with E-state index in [2.05, 4.69) is 9.97 Å². The summed E-state index contributed by atoms with van der Waals surface area (Å²) in [5, 5.41) is 0.846. The van der Waals surface area contributed by atoms with Crippen LogP contribution < -0.4 is 0 Å². The molecule has 5 nitrogen and oxygen atoms in total. The molecule has 6 heteroatoms. The van der Waals surface area contributed by atoms with Crippen LogP contribution in [0.15, 0.2) is 17.4 Å². The van der Waals surface area contributed by atoms with Gasteiger partial charge in [-0.2, -0.15) is 0 Å². The topological polar surface area (TPSA) is 55.3 Å². The molecule has 1 aromatic heterocycles.